The summed E-state index contributed by atoms with van der Waals surface area (Å²) in [6.45, 7) is 6.20. The number of ether oxygens (including phenoxy) is 1. The molecule has 0 saturated heterocycles. The summed E-state index contributed by atoms with van der Waals surface area (Å²) in [4.78, 5) is 0. The van der Waals surface area contributed by atoms with Crippen molar-refractivity contribution >= 4 is 0 Å². The molecule has 0 aliphatic carbocycles. The quantitative estimate of drug-likeness (QED) is 0.779. The van der Waals surface area contributed by atoms with Crippen molar-refractivity contribution in [2.45, 2.75) is 32.5 Å². The number of furan rings is 1. The molecule has 0 aliphatic heterocycles. The van der Waals surface area contributed by atoms with Gasteiger partial charge in [0.05, 0.1) is 18.1 Å². The fourth-order valence-corrected chi connectivity index (χ4v) is 1.28. The monoisotopic (exact) mass is 184 g/mol. The molecule has 13 heavy (non-hydrogen) atoms. The van der Waals surface area contributed by atoms with E-state index in [2.05, 4.69) is 0 Å². The fraction of sp³-hybridized carbons (Fsp3) is 0.600. The third-order valence-electron chi connectivity index (χ3n) is 2.03. The van der Waals surface area contributed by atoms with Crippen molar-refractivity contribution in [3.05, 3.63) is 24.2 Å². The first-order valence-corrected chi connectivity index (χ1v) is 4.42. The lowest BCUT2D eigenvalue weighted by atomic mass is 9.96. The normalized spacial score (nSPS) is 14.5. The van der Waals surface area contributed by atoms with E-state index in [-0.39, 0.29) is 0 Å². The Bertz CT molecular complexity index is 239. The Balaban J connectivity index is 2.71. The molecule has 1 unspecified atom stereocenters. The summed E-state index contributed by atoms with van der Waals surface area (Å²) in [6.07, 6.45) is 2.43. The maximum Gasteiger partial charge on any atom is 0.110 e. The van der Waals surface area contributed by atoms with Gasteiger partial charge in [-0.2, -0.15) is 0 Å². The van der Waals surface area contributed by atoms with Crippen LogP contribution in [0.1, 0.15) is 32.4 Å². The molecule has 1 aromatic rings. The first kappa shape index (κ1) is 10.3. The Morgan fingerprint density at radius 3 is 2.77 bits per heavy atom. The van der Waals surface area contributed by atoms with Crippen LogP contribution in [0.25, 0.3) is 0 Å². The SMILES string of the molecule is CCOC(C)(C)C(O)c1ccoc1. The van der Waals surface area contributed by atoms with Gasteiger partial charge in [-0.25, -0.2) is 0 Å². The molecular formula is C10H16O3. The van der Waals surface area contributed by atoms with Gasteiger partial charge < -0.3 is 14.3 Å². The van der Waals surface area contributed by atoms with Gasteiger partial charge in [-0.1, -0.05) is 0 Å². The summed E-state index contributed by atoms with van der Waals surface area (Å²) >= 11 is 0. The van der Waals surface area contributed by atoms with Gasteiger partial charge in [0.15, 0.2) is 0 Å². The van der Waals surface area contributed by atoms with Gasteiger partial charge >= 0.3 is 0 Å². The number of hydrogen-bond acceptors (Lipinski definition) is 3. The molecule has 0 fully saturated rings. The van der Waals surface area contributed by atoms with E-state index in [1.54, 1.807) is 12.3 Å². The van der Waals surface area contributed by atoms with Crippen molar-refractivity contribution in [1.29, 1.82) is 0 Å². The molecule has 0 saturated carbocycles. The van der Waals surface area contributed by atoms with Crippen LogP contribution in [0.3, 0.4) is 0 Å². The third kappa shape index (κ3) is 2.32. The summed E-state index contributed by atoms with van der Waals surface area (Å²) < 4.78 is 10.3. The molecule has 0 aliphatic rings. The molecule has 0 aromatic carbocycles. The van der Waals surface area contributed by atoms with Crippen molar-refractivity contribution in [2.75, 3.05) is 6.61 Å². The molecular weight excluding hydrogens is 168 g/mol. The second kappa shape index (κ2) is 3.94. The van der Waals surface area contributed by atoms with Gasteiger partial charge in [0.2, 0.25) is 0 Å². The van der Waals surface area contributed by atoms with Crippen LogP contribution in [0.4, 0.5) is 0 Å². The highest BCUT2D eigenvalue weighted by molar-refractivity contribution is 5.12. The second-order valence-electron chi connectivity index (χ2n) is 3.50. The minimum absolute atomic E-state index is 0.571. The zero-order chi connectivity index (χ0) is 9.90. The number of hydrogen-bond donors (Lipinski definition) is 1. The largest absolute Gasteiger partial charge is 0.472 e. The fourth-order valence-electron chi connectivity index (χ4n) is 1.28. The highest BCUT2D eigenvalue weighted by Crippen LogP contribution is 2.28. The average Bonchev–Trinajstić information content (AvgIpc) is 2.54. The Morgan fingerprint density at radius 1 is 1.62 bits per heavy atom. The third-order valence-corrected chi connectivity index (χ3v) is 2.03. The van der Waals surface area contributed by atoms with Gasteiger partial charge in [-0.15, -0.1) is 0 Å². The lowest BCUT2D eigenvalue weighted by Crippen LogP contribution is -2.32. The molecule has 1 heterocycles. The molecule has 1 aromatic heterocycles. The molecule has 1 rings (SSSR count). The van der Waals surface area contributed by atoms with E-state index in [4.69, 9.17) is 9.15 Å². The number of rotatable bonds is 4. The van der Waals surface area contributed by atoms with Crippen molar-refractivity contribution in [3.63, 3.8) is 0 Å². The predicted molar refractivity (Wildman–Crippen MR) is 49.4 cm³/mol. The maximum absolute atomic E-state index is 9.88. The van der Waals surface area contributed by atoms with E-state index in [9.17, 15) is 5.11 Å². The molecule has 0 bridgehead atoms. The standard InChI is InChI=1S/C10H16O3/c1-4-13-10(2,3)9(11)8-5-6-12-7-8/h5-7,9,11H,4H2,1-3H3. The van der Waals surface area contributed by atoms with E-state index in [1.165, 1.54) is 6.26 Å². The van der Waals surface area contributed by atoms with Crippen LogP contribution >= 0.6 is 0 Å². The van der Waals surface area contributed by atoms with Gasteiger partial charge in [0.25, 0.3) is 0 Å². The Kier molecular flexibility index (Phi) is 3.12. The zero-order valence-electron chi connectivity index (χ0n) is 8.28. The summed E-state index contributed by atoms with van der Waals surface area (Å²) in [7, 11) is 0. The molecule has 0 radical (unpaired) electrons. The van der Waals surface area contributed by atoms with E-state index >= 15 is 0 Å². The van der Waals surface area contributed by atoms with Crippen molar-refractivity contribution in [3.8, 4) is 0 Å². The molecule has 0 amide bonds. The molecule has 0 spiro atoms. The van der Waals surface area contributed by atoms with Crippen LogP contribution in [-0.2, 0) is 4.74 Å². The van der Waals surface area contributed by atoms with Crippen LogP contribution in [-0.4, -0.2) is 17.3 Å². The highest BCUT2D eigenvalue weighted by Gasteiger charge is 2.30. The van der Waals surface area contributed by atoms with Gasteiger partial charge in [-0.05, 0) is 26.8 Å². The van der Waals surface area contributed by atoms with Crippen molar-refractivity contribution in [2.24, 2.45) is 0 Å². The minimum atomic E-state index is -0.647. The van der Waals surface area contributed by atoms with Crippen LogP contribution in [0, 0.1) is 0 Å². The van der Waals surface area contributed by atoms with Gasteiger partial charge in [-0.3, -0.25) is 0 Å². The lowest BCUT2D eigenvalue weighted by Gasteiger charge is -2.29. The van der Waals surface area contributed by atoms with Crippen molar-refractivity contribution < 1.29 is 14.3 Å². The Labute approximate surface area is 78.3 Å². The molecule has 1 N–H and O–H groups in total. The smallest absolute Gasteiger partial charge is 0.110 e. The van der Waals surface area contributed by atoms with Gasteiger partial charge in [0, 0.05) is 12.2 Å². The highest BCUT2D eigenvalue weighted by atomic mass is 16.5. The number of aliphatic hydroxyl groups is 1. The second-order valence-corrected chi connectivity index (χ2v) is 3.50. The predicted octanol–water partition coefficient (Wildman–Crippen LogP) is 2.13. The van der Waals surface area contributed by atoms with Gasteiger partial charge in [0.1, 0.15) is 6.10 Å². The Hall–Kier alpha value is -0.800. The minimum Gasteiger partial charge on any atom is -0.472 e. The first-order valence-electron chi connectivity index (χ1n) is 4.42. The average molecular weight is 184 g/mol. The summed E-state index contributed by atoms with van der Waals surface area (Å²) in [6, 6.07) is 1.74. The summed E-state index contributed by atoms with van der Waals surface area (Å²) in [5.74, 6) is 0. The van der Waals surface area contributed by atoms with Crippen molar-refractivity contribution in [1.82, 2.24) is 0 Å². The first-order chi connectivity index (χ1) is 6.08. The molecule has 1 atom stereocenters. The topological polar surface area (TPSA) is 42.6 Å². The van der Waals surface area contributed by atoms with E-state index < -0.39 is 11.7 Å². The molecule has 3 heteroatoms. The van der Waals surface area contributed by atoms with E-state index in [0.717, 1.165) is 5.56 Å². The van der Waals surface area contributed by atoms with Crippen LogP contribution < -0.4 is 0 Å². The maximum atomic E-state index is 9.88. The summed E-state index contributed by atoms with van der Waals surface area (Å²) in [5, 5.41) is 9.88. The summed E-state index contributed by atoms with van der Waals surface area (Å²) in [5.41, 5.74) is 0.178. The van der Waals surface area contributed by atoms with Crippen LogP contribution in [0.2, 0.25) is 0 Å². The van der Waals surface area contributed by atoms with E-state index in [1.807, 2.05) is 20.8 Å². The van der Waals surface area contributed by atoms with Crippen LogP contribution in [0.15, 0.2) is 23.0 Å². The Morgan fingerprint density at radius 2 is 2.31 bits per heavy atom. The molecule has 74 valence electrons. The zero-order valence-corrected chi connectivity index (χ0v) is 8.28. The van der Waals surface area contributed by atoms with E-state index in [0.29, 0.717) is 6.61 Å². The number of aliphatic hydroxyl groups excluding tert-OH is 1. The van der Waals surface area contributed by atoms with Crippen LogP contribution in [0.5, 0.6) is 0 Å². The lowest BCUT2D eigenvalue weighted by molar-refractivity contribution is -0.0985. The molecule has 3 nitrogen and oxygen atoms in total.